The molecule has 1 aromatic carbocycles. The van der Waals surface area contributed by atoms with Gasteiger partial charge in [-0.05, 0) is 43.5 Å². The third kappa shape index (κ3) is 4.74. The lowest BCUT2D eigenvalue weighted by atomic mass is 10.1. The van der Waals surface area contributed by atoms with Crippen molar-refractivity contribution in [2.45, 2.75) is 43.5 Å². The summed E-state index contributed by atoms with van der Waals surface area (Å²) < 4.78 is 27.2. The summed E-state index contributed by atoms with van der Waals surface area (Å²) in [5, 5.41) is 3.21. The molecule has 0 aliphatic carbocycles. The van der Waals surface area contributed by atoms with Crippen LogP contribution in [0, 0.1) is 0 Å². The topological polar surface area (TPSA) is 58.2 Å². The van der Waals surface area contributed by atoms with Crippen molar-refractivity contribution in [3.05, 3.63) is 29.8 Å². The number of sulfonamides is 1. The molecule has 114 valence electrons. The van der Waals surface area contributed by atoms with Crippen LogP contribution < -0.4 is 10.0 Å². The average Bonchev–Trinajstić information content (AvgIpc) is 2.40. The number of halogens is 1. The van der Waals surface area contributed by atoms with Crippen molar-refractivity contribution in [2.24, 2.45) is 0 Å². The van der Waals surface area contributed by atoms with E-state index in [1.807, 2.05) is 12.1 Å². The van der Waals surface area contributed by atoms with Gasteiger partial charge < -0.3 is 5.32 Å². The molecule has 0 saturated carbocycles. The fourth-order valence-electron chi connectivity index (χ4n) is 2.36. The molecule has 1 saturated heterocycles. The molecule has 1 heterocycles. The first-order valence-electron chi connectivity index (χ1n) is 6.94. The Kier molecular flexibility index (Phi) is 6.95. The van der Waals surface area contributed by atoms with Crippen LogP contribution in [0.2, 0.25) is 0 Å². The maximum absolute atomic E-state index is 12.2. The molecule has 0 unspecified atom stereocenters. The van der Waals surface area contributed by atoms with Gasteiger partial charge in [0.05, 0.1) is 4.90 Å². The first kappa shape index (κ1) is 17.4. The highest BCUT2D eigenvalue weighted by Crippen LogP contribution is 2.13. The fraction of sp³-hybridized carbons (Fsp3) is 0.571. The smallest absolute Gasteiger partial charge is 0.240 e. The van der Waals surface area contributed by atoms with Gasteiger partial charge >= 0.3 is 0 Å². The fourth-order valence-corrected chi connectivity index (χ4v) is 3.63. The molecular formula is C14H23ClN2O2S. The summed E-state index contributed by atoms with van der Waals surface area (Å²) in [6.45, 7) is 3.80. The predicted molar refractivity (Wildman–Crippen MR) is 83.9 cm³/mol. The number of benzene rings is 1. The van der Waals surface area contributed by atoms with E-state index in [1.54, 1.807) is 12.1 Å². The van der Waals surface area contributed by atoms with Crippen molar-refractivity contribution in [2.75, 3.05) is 13.1 Å². The second-order valence-electron chi connectivity index (χ2n) is 5.06. The third-order valence-electron chi connectivity index (χ3n) is 3.39. The van der Waals surface area contributed by atoms with Crippen LogP contribution in [0.5, 0.6) is 0 Å². The van der Waals surface area contributed by atoms with Crippen LogP contribution >= 0.6 is 12.4 Å². The van der Waals surface area contributed by atoms with E-state index in [-0.39, 0.29) is 18.4 Å². The van der Waals surface area contributed by atoms with Gasteiger partial charge in [-0.15, -0.1) is 12.4 Å². The summed E-state index contributed by atoms with van der Waals surface area (Å²) in [6.07, 6.45) is 3.97. The standard InChI is InChI=1S/C14H22N2O2S.ClH/c1-2-4-12-6-8-14(9-7-12)19(17,18)16-13-5-3-10-15-11-13;/h6-9,13,15-16H,2-5,10-11H2,1H3;1H/t13-;/m1./s1. The van der Waals surface area contributed by atoms with E-state index in [1.165, 1.54) is 5.56 Å². The number of nitrogens with one attached hydrogen (secondary N) is 2. The molecule has 0 radical (unpaired) electrons. The highest BCUT2D eigenvalue weighted by Gasteiger charge is 2.21. The van der Waals surface area contributed by atoms with Gasteiger partial charge in [0, 0.05) is 12.6 Å². The van der Waals surface area contributed by atoms with Gasteiger partial charge in [0.1, 0.15) is 0 Å². The summed E-state index contributed by atoms with van der Waals surface area (Å²) in [4.78, 5) is 0.359. The van der Waals surface area contributed by atoms with Gasteiger partial charge in [-0.25, -0.2) is 13.1 Å². The van der Waals surface area contributed by atoms with Crippen LogP contribution in [0.25, 0.3) is 0 Å². The van der Waals surface area contributed by atoms with Crippen molar-refractivity contribution < 1.29 is 8.42 Å². The van der Waals surface area contributed by atoms with Crippen molar-refractivity contribution in [1.82, 2.24) is 10.0 Å². The summed E-state index contributed by atoms with van der Waals surface area (Å²) in [5.74, 6) is 0. The van der Waals surface area contributed by atoms with E-state index in [9.17, 15) is 8.42 Å². The van der Waals surface area contributed by atoms with E-state index in [2.05, 4.69) is 17.0 Å². The summed E-state index contributed by atoms with van der Waals surface area (Å²) in [6, 6.07) is 7.20. The van der Waals surface area contributed by atoms with Crippen molar-refractivity contribution in [3.63, 3.8) is 0 Å². The first-order chi connectivity index (χ1) is 9.12. The normalized spacial score (nSPS) is 19.4. The molecule has 2 rings (SSSR count). The second-order valence-corrected chi connectivity index (χ2v) is 6.77. The maximum atomic E-state index is 12.2. The Balaban J connectivity index is 0.00000200. The van der Waals surface area contributed by atoms with Gasteiger partial charge in [0.25, 0.3) is 0 Å². The monoisotopic (exact) mass is 318 g/mol. The highest BCUT2D eigenvalue weighted by atomic mass is 35.5. The molecule has 6 heteroatoms. The molecule has 1 aromatic rings. The number of aryl methyl sites for hydroxylation is 1. The summed E-state index contributed by atoms with van der Waals surface area (Å²) in [5.41, 5.74) is 1.18. The van der Waals surface area contributed by atoms with Crippen LogP contribution in [0.1, 0.15) is 31.7 Å². The van der Waals surface area contributed by atoms with Crippen LogP contribution in [0.4, 0.5) is 0 Å². The zero-order chi connectivity index (χ0) is 13.7. The van der Waals surface area contributed by atoms with Crippen LogP contribution in [0.15, 0.2) is 29.2 Å². The molecule has 20 heavy (non-hydrogen) atoms. The Morgan fingerprint density at radius 3 is 2.55 bits per heavy atom. The minimum Gasteiger partial charge on any atom is -0.315 e. The Labute approximate surface area is 127 Å². The Morgan fingerprint density at radius 1 is 1.30 bits per heavy atom. The van der Waals surface area contributed by atoms with E-state index in [0.29, 0.717) is 11.4 Å². The molecule has 4 nitrogen and oxygen atoms in total. The van der Waals surface area contributed by atoms with Crippen LogP contribution in [-0.4, -0.2) is 27.5 Å². The van der Waals surface area contributed by atoms with E-state index in [0.717, 1.165) is 32.2 Å². The lowest BCUT2D eigenvalue weighted by molar-refractivity contribution is 0.428. The van der Waals surface area contributed by atoms with Crippen LogP contribution in [-0.2, 0) is 16.4 Å². The first-order valence-corrected chi connectivity index (χ1v) is 8.42. The Hall–Kier alpha value is -0.620. The lowest BCUT2D eigenvalue weighted by Crippen LogP contribution is -2.45. The van der Waals surface area contributed by atoms with Crippen molar-refractivity contribution in [1.29, 1.82) is 0 Å². The van der Waals surface area contributed by atoms with Gasteiger partial charge in [-0.3, -0.25) is 0 Å². The van der Waals surface area contributed by atoms with E-state index in [4.69, 9.17) is 0 Å². The molecule has 1 fully saturated rings. The van der Waals surface area contributed by atoms with Crippen LogP contribution in [0.3, 0.4) is 0 Å². The molecule has 1 atom stereocenters. The van der Waals surface area contributed by atoms with E-state index >= 15 is 0 Å². The number of hydrogen-bond acceptors (Lipinski definition) is 3. The predicted octanol–water partition coefficient (Wildman–Crippen LogP) is 2.09. The average molecular weight is 319 g/mol. The van der Waals surface area contributed by atoms with Crippen molar-refractivity contribution >= 4 is 22.4 Å². The zero-order valence-corrected chi connectivity index (χ0v) is 13.4. The van der Waals surface area contributed by atoms with Gasteiger partial charge in [-0.1, -0.05) is 25.5 Å². The SMILES string of the molecule is CCCc1ccc(S(=O)(=O)N[C@@H]2CCCNC2)cc1.Cl. The second kappa shape index (κ2) is 7.98. The quantitative estimate of drug-likeness (QED) is 0.874. The number of piperidine rings is 1. The molecule has 1 aliphatic heterocycles. The third-order valence-corrected chi connectivity index (χ3v) is 4.93. The minimum absolute atomic E-state index is 0. The molecule has 0 aromatic heterocycles. The largest absolute Gasteiger partial charge is 0.315 e. The molecule has 2 N–H and O–H groups in total. The summed E-state index contributed by atoms with van der Waals surface area (Å²) >= 11 is 0. The number of hydrogen-bond donors (Lipinski definition) is 2. The molecule has 1 aliphatic rings. The van der Waals surface area contributed by atoms with Crippen molar-refractivity contribution in [3.8, 4) is 0 Å². The van der Waals surface area contributed by atoms with E-state index < -0.39 is 10.0 Å². The molecular weight excluding hydrogens is 296 g/mol. The maximum Gasteiger partial charge on any atom is 0.240 e. The molecule has 0 amide bonds. The Morgan fingerprint density at radius 2 is 2.00 bits per heavy atom. The lowest BCUT2D eigenvalue weighted by Gasteiger charge is -2.23. The van der Waals surface area contributed by atoms with Gasteiger partial charge in [0.2, 0.25) is 10.0 Å². The number of rotatable bonds is 5. The molecule has 0 bridgehead atoms. The van der Waals surface area contributed by atoms with Gasteiger partial charge in [-0.2, -0.15) is 0 Å². The highest BCUT2D eigenvalue weighted by molar-refractivity contribution is 7.89. The Bertz CT molecular complexity index is 496. The summed E-state index contributed by atoms with van der Waals surface area (Å²) in [7, 11) is -3.38. The minimum atomic E-state index is -3.38. The molecule has 0 spiro atoms. The zero-order valence-electron chi connectivity index (χ0n) is 11.8. The van der Waals surface area contributed by atoms with Gasteiger partial charge in [0.15, 0.2) is 0 Å².